The van der Waals surface area contributed by atoms with Crippen LogP contribution in [-0.4, -0.2) is 0 Å². The third-order valence-electron chi connectivity index (χ3n) is 13.8. The summed E-state index contributed by atoms with van der Waals surface area (Å²) in [6.07, 6.45) is 0. The summed E-state index contributed by atoms with van der Waals surface area (Å²) in [6.45, 7) is 9.49. The number of hydrogen-bond acceptors (Lipinski definition) is 1. The lowest BCUT2D eigenvalue weighted by Crippen LogP contribution is -2.17. The van der Waals surface area contributed by atoms with Gasteiger partial charge < -0.3 is 4.90 Å². The molecule has 3 aliphatic rings. The highest BCUT2D eigenvalue weighted by atomic mass is 15.1. The highest BCUT2D eigenvalue weighted by molar-refractivity contribution is 6.16. The first-order chi connectivity index (χ1) is 28.8. The minimum atomic E-state index is -0.116. The molecule has 0 amide bonds. The Kier molecular flexibility index (Phi) is 7.10. The molecule has 0 unspecified atom stereocenters. The molecule has 0 spiro atoms. The van der Waals surface area contributed by atoms with Gasteiger partial charge in [-0.1, -0.05) is 167 Å². The molecule has 1 nitrogen and oxygen atoms in total. The van der Waals surface area contributed by atoms with Crippen molar-refractivity contribution in [2.75, 3.05) is 4.90 Å². The van der Waals surface area contributed by atoms with Gasteiger partial charge in [0.1, 0.15) is 0 Å². The molecule has 59 heavy (non-hydrogen) atoms. The molecule has 12 rings (SSSR count). The van der Waals surface area contributed by atoms with Crippen molar-refractivity contribution in [2.45, 2.75) is 38.5 Å². The third kappa shape index (κ3) is 4.85. The summed E-state index contributed by atoms with van der Waals surface area (Å²) in [5.74, 6) is 0. The van der Waals surface area contributed by atoms with Gasteiger partial charge in [-0.15, -0.1) is 0 Å². The van der Waals surface area contributed by atoms with Crippen LogP contribution in [0.2, 0.25) is 0 Å². The Morgan fingerprint density at radius 1 is 0.322 bits per heavy atom. The summed E-state index contributed by atoms with van der Waals surface area (Å²) >= 11 is 0. The number of benzene rings is 9. The molecule has 0 aromatic heterocycles. The van der Waals surface area contributed by atoms with E-state index < -0.39 is 0 Å². The van der Waals surface area contributed by atoms with E-state index in [0.29, 0.717) is 0 Å². The average molecular weight is 754 g/mol. The van der Waals surface area contributed by atoms with E-state index in [1.165, 1.54) is 111 Å². The summed E-state index contributed by atoms with van der Waals surface area (Å²) < 4.78 is 0. The van der Waals surface area contributed by atoms with Gasteiger partial charge in [0.05, 0.1) is 5.69 Å². The van der Waals surface area contributed by atoms with Gasteiger partial charge in [-0.05, 0) is 143 Å². The molecule has 0 radical (unpaired) electrons. The van der Waals surface area contributed by atoms with Crippen LogP contribution in [0.1, 0.15) is 49.9 Å². The van der Waals surface area contributed by atoms with Crippen LogP contribution in [0.15, 0.2) is 188 Å². The number of anilines is 3. The molecule has 9 aromatic rings. The fourth-order valence-corrected chi connectivity index (χ4v) is 10.9. The summed E-state index contributed by atoms with van der Waals surface area (Å²) in [5.41, 5.74) is 24.3. The Morgan fingerprint density at radius 3 is 1.66 bits per heavy atom. The number of nitrogens with zero attached hydrogens (tertiary/aromatic N) is 1. The lowest BCUT2D eigenvalue weighted by molar-refractivity contribution is 0.660. The predicted molar refractivity (Wildman–Crippen MR) is 249 cm³/mol. The Morgan fingerprint density at radius 2 is 0.864 bits per heavy atom. The summed E-state index contributed by atoms with van der Waals surface area (Å²) in [4.78, 5) is 2.52. The molecule has 0 atom stereocenters. The maximum absolute atomic E-state index is 2.52. The van der Waals surface area contributed by atoms with Crippen molar-refractivity contribution in [3.05, 3.63) is 210 Å². The molecule has 0 N–H and O–H groups in total. The minimum absolute atomic E-state index is 0.108. The van der Waals surface area contributed by atoms with E-state index in [9.17, 15) is 0 Å². The van der Waals surface area contributed by atoms with Crippen LogP contribution in [-0.2, 0) is 10.8 Å². The lowest BCUT2D eigenvalue weighted by Gasteiger charge is -2.30. The maximum atomic E-state index is 2.52. The van der Waals surface area contributed by atoms with E-state index in [1.807, 2.05) is 0 Å². The smallest absolute Gasteiger partial charge is 0.0543 e. The van der Waals surface area contributed by atoms with Crippen LogP contribution in [0.25, 0.3) is 77.5 Å². The van der Waals surface area contributed by atoms with Crippen molar-refractivity contribution >= 4 is 27.8 Å². The monoisotopic (exact) mass is 753 g/mol. The highest BCUT2D eigenvalue weighted by Crippen LogP contribution is 2.56. The van der Waals surface area contributed by atoms with Gasteiger partial charge in [-0.25, -0.2) is 0 Å². The van der Waals surface area contributed by atoms with Crippen LogP contribution in [0.5, 0.6) is 0 Å². The molecule has 0 saturated carbocycles. The Labute approximate surface area is 346 Å². The topological polar surface area (TPSA) is 3.24 Å². The van der Waals surface area contributed by atoms with Crippen molar-refractivity contribution in [3.63, 3.8) is 0 Å². The molecule has 0 fully saturated rings. The maximum Gasteiger partial charge on any atom is 0.0543 e. The molecule has 0 heterocycles. The molecule has 0 saturated heterocycles. The highest BCUT2D eigenvalue weighted by Gasteiger charge is 2.39. The van der Waals surface area contributed by atoms with E-state index in [2.05, 4.69) is 221 Å². The third-order valence-corrected chi connectivity index (χ3v) is 13.8. The van der Waals surface area contributed by atoms with Gasteiger partial charge in [-0.3, -0.25) is 0 Å². The molecular weight excluding hydrogens is 711 g/mol. The second kappa shape index (κ2) is 12.3. The first-order valence-electron chi connectivity index (χ1n) is 20.9. The molecule has 280 valence electrons. The molecule has 9 aromatic carbocycles. The van der Waals surface area contributed by atoms with Crippen LogP contribution in [0.3, 0.4) is 0 Å². The van der Waals surface area contributed by atoms with Crippen molar-refractivity contribution in [2.24, 2.45) is 0 Å². The van der Waals surface area contributed by atoms with Gasteiger partial charge in [0, 0.05) is 27.8 Å². The van der Waals surface area contributed by atoms with Gasteiger partial charge in [0.2, 0.25) is 0 Å². The zero-order valence-corrected chi connectivity index (χ0v) is 33.8. The first-order valence-corrected chi connectivity index (χ1v) is 20.9. The molecular formula is C58H43N. The zero-order chi connectivity index (χ0) is 39.6. The molecule has 1 heteroatoms. The predicted octanol–water partition coefficient (Wildman–Crippen LogP) is 15.9. The zero-order valence-electron chi connectivity index (χ0n) is 33.8. The van der Waals surface area contributed by atoms with Gasteiger partial charge in [-0.2, -0.15) is 0 Å². The number of rotatable bonds is 5. The van der Waals surface area contributed by atoms with E-state index >= 15 is 0 Å². The number of hydrogen-bond donors (Lipinski definition) is 0. The van der Waals surface area contributed by atoms with Crippen LogP contribution in [0, 0.1) is 0 Å². The van der Waals surface area contributed by atoms with Crippen molar-refractivity contribution < 1.29 is 0 Å². The van der Waals surface area contributed by atoms with Crippen LogP contribution >= 0.6 is 0 Å². The second-order valence-electron chi connectivity index (χ2n) is 17.7. The van der Waals surface area contributed by atoms with Crippen molar-refractivity contribution in [1.29, 1.82) is 0 Å². The summed E-state index contributed by atoms with van der Waals surface area (Å²) in [7, 11) is 0. The summed E-state index contributed by atoms with van der Waals surface area (Å²) in [6, 6.07) is 70.6. The van der Waals surface area contributed by atoms with Gasteiger partial charge >= 0.3 is 0 Å². The van der Waals surface area contributed by atoms with Crippen molar-refractivity contribution in [1.82, 2.24) is 0 Å². The van der Waals surface area contributed by atoms with E-state index in [-0.39, 0.29) is 10.8 Å². The quantitative estimate of drug-likeness (QED) is 0.169. The lowest BCUT2D eigenvalue weighted by atomic mass is 9.82. The normalized spacial score (nSPS) is 14.4. The average Bonchev–Trinajstić information content (AvgIpc) is 3.82. The fourth-order valence-electron chi connectivity index (χ4n) is 10.9. The molecule has 0 aliphatic heterocycles. The number of fused-ring (bicyclic) bond motifs is 9. The van der Waals surface area contributed by atoms with E-state index in [0.717, 1.165) is 5.69 Å². The Bertz CT molecular complexity index is 3230. The Hall–Kier alpha value is -6.96. The molecule has 3 aliphatic carbocycles. The van der Waals surface area contributed by atoms with E-state index in [4.69, 9.17) is 0 Å². The SMILES string of the molecule is CC1(C)c2ccccc2-c2ccc(N(c3cccc(-c4cccc(-c5cc6c7c(cccc7c5)-c5ccccc5-6)c4)c3)c3cccc4c3-c3ccccc3C4(C)C)cc21. The summed E-state index contributed by atoms with van der Waals surface area (Å²) in [5, 5.41) is 2.65. The largest absolute Gasteiger partial charge is 0.310 e. The first kappa shape index (κ1) is 34.1. The van der Waals surface area contributed by atoms with E-state index in [1.54, 1.807) is 0 Å². The second-order valence-corrected chi connectivity index (χ2v) is 17.7. The van der Waals surface area contributed by atoms with Crippen LogP contribution < -0.4 is 4.90 Å². The minimum Gasteiger partial charge on any atom is -0.310 e. The van der Waals surface area contributed by atoms with Gasteiger partial charge in [0.25, 0.3) is 0 Å². The fraction of sp³-hybridized carbons (Fsp3) is 0.103. The van der Waals surface area contributed by atoms with Gasteiger partial charge in [0.15, 0.2) is 0 Å². The standard InChI is InChI=1S/C58H43N/c1-57(2)51-26-10-8-23-48(51)56-52(57)27-14-28-54(56)59(42-29-30-46-45-22-7-9-25-50(45)58(3,4)53(46)35-42)41-19-12-17-38(33-41)36-15-11-16-37(31-36)40-32-39-18-13-24-47-43-20-5-6-21-44(43)49(34-40)55(39)47/h5-35H,1-4H3. The molecule has 0 bridgehead atoms. The Balaban J connectivity index is 1.02. The van der Waals surface area contributed by atoms with Crippen LogP contribution in [0.4, 0.5) is 17.1 Å². The van der Waals surface area contributed by atoms with Crippen molar-refractivity contribution in [3.8, 4) is 66.8 Å².